The molecule has 0 aliphatic carbocycles. The van der Waals surface area contributed by atoms with E-state index >= 15 is 0 Å². The largest absolute Gasteiger partial charge is 0.326 e. The first-order valence-electron chi connectivity index (χ1n) is 5.10. The molecule has 1 rings (SSSR count). The minimum Gasteiger partial charge on any atom is -0.326 e. The molecule has 2 nitrogen and oxygen atoms in total. The van der Waals surface area contributed by atoms with Crippen LogP contribution in [0.2, 0.25) is 0 Å². The summed E-state index contributed by atoms with van der Waals surface area (Å²) in [6.07, 6.45) is 2.68. The second-order valence-corrected chi connectivity index (χ2v) is 3.43. The van der Waals surface area contributed by atoms with Crippen molar-refractivity contribution in [3.8, 4) is 0 Å². The van der Waals surface area contributed by atoms with E-state index in [1.807, 2.05) is 24.3 Å². The van der Waals surface area contributed by atoms with Crippen molar-refractivity contribution in [2.24, 2.45) is 5.73 Å². The van der Waals surface area contributed by atoms with E-state index in [1.165, 1.54) is 0 Å². The molecule has 0 heterocycles. The Kier molecular flexibility index (Phi) is 4.33. The van der Waals surface area contributed by atoms with Gasteiger partial charge in [0.1, 0.15) is 0 Å². The van der Waals surface area contributed by atoms with Crippen LogP contribution in [-0.2, 0) is 6.54 Å². The number of Topliss-reactive ketones (excluding diaryl/α,β-unsaturated/α-hetero) is 1. The van der Waals surface area contributed by atoms with Gasteiger partial charge in [0.05, 0.1) is 0 Å². The van der Waals surface area contributed by atoms with E-state index < -0.39 is 0 Å². The van der Waals surface area contributed by atoms with Gasteiger partial charge in [-0.15, -0.1) is 0 Å². The van der Waals surface area contributed by atoms with E-state index in [-0.39, 0.29) is 5.78 Å². The fourth-order valence-corrected chi connectivity index (χ4v) is 1.31. The molecule has 0 aromatic heterocycles. The normalized spacial score (nSPS) is 10.1. The van der Waals surface area contributed by atoms with Crippen LogP contribution < -0.4 is 5.73 Å². The Morgan fingerprint density at radius 2 is 1.93 bits per heavy atom. The first-order valence-corrected chi connectivity index (χ1v) is 5.10. The molecule has 1 aromatic rings. The van der Waals surface area contributed by atoms with Crippen LogP contribution in [0.15, 0.2) is 24.3 Å². The molecule has 0 atom stereocenters. The van der Waals surface area contributed by atoms with Crippen LogP contribution in [0.4, 0.5) is 0 Å². The number of carbonyl (C=O) groups excluding carboxylic acids is 1. The van der Waals surface area contributed by atoms with Crippen LogP contribution in [0, 0.1) is 0 Å². The van der Waals surface area contributed by atoms with Gasteiger partial charge in [0.15, 0.2) is 5.78 Å². The zero-order valence-corrected chi connectivity index (χ0v) is 8.62. The lowest BCUT2D eigenvalue weighted by molar-refractivity contribution is 0.0980. The standard InChI is InChI=1S/C12H17NO/c1-2-3-4-12(14)11-7-5-10(9-13)6-8-11/h5-8H,2-4,9,13H2,1H3. The van der Waals surface area contributed by atoms with Gasteiger partial charge >= 0.3 is 0 Å². The number of ketones is 1. The van der Waals surface area contributed by atoms with Gasteiger partial charge in [0, 0.05) is 18.5 Å². The van der Waals surface area contributed by atoms with E-state index in [9.17, 15) is 4.79 Å². The van der Waals surface area contributed by atoms with Crippen molar-refractivity contribution in [3.05, 3.63) is 35.4 Å². The molecule has 0 saturated carbocycles. The van der Waals surface area contributed by atoms with Gasteiger partial charge < -0.3 is 5.73 Å². The number of hydrogen-bond acceptors (Lipinski definition) is 2. The van der Waals surface area contributed by atoms with Gasteiger partial charge in [-0.3, -0.25) is 4.79 Å². The molecule has 76 valence electrons. The Hall–Kier alpha value is -1.15. The zero-order chi connectivity index (χ0) is 10.4. The molecule has 0 radical (unpaired) electrons. The molecule has 2 N–H and O–H groups in total. The van der Waals surface area contributed by atoms with Gasteiger partial charge in [-0.1, -0.05) is 37.6 Å². The molecule has 14 heavy (non-hydrogen) atoms. The summed E-state index contributed by atoms with van der Waals surface area (Å²) in [6, 6.07) is 7.55. The van der Waals surface area contributed by atoms with Crippen LogP contribution in [0.1, 0.15) is 42.1 Å². The lowest BCUT2D eigenvalue weighted by Crippen LogP contribution is -2.00. The summed E-state index contributed by atoms with van der Waals surface area (Å²) in [5.74, 6) is 0.232. The van der Waals surface area contributed by atoms with Crippen LogP contribution in [0.3, 0.4) is 0 Å². The highest BCUT2D eigenvalue weighted by molar-refractivity contribution is 5.96. The first kappa shape index (κ1) is 10.9. The van der Waals surface area contributed by atoms with E-state index in [0.29, 0.717) is 13.0 Å². The Morgan fingerprint density at radius 1 is 1.29 bits per heavy atom. The van der Waals surface area contributed by atoms with Gasteiger partial charge in [0.25, 0.3) is 0 Å². The number of unbranched alkanes of at least 4 members (excludes halogenated alkanes) is 1. The lowest BCUT2D eigenvalue weighted by Gasteiger charge is -2.01. The summed E-state index contributed by atoms with van der Waals surface area (Å²) < 4.78 is 0. The highest BCUT2D eigenvalue weighted by atomic mass is 16.1. The molecule has 1 aromatic carbocycles. The summed E-state index contributed by atoms with van der Waals surface area (Å²) >= 11 is 0. The number of nitrogens with two attached hydrogens (primary N) is 1. The van der Waals surface area contributed by atoms with Crippen LogP contribution in [0.25, 0.3) is 0 Å². The average molecular weight is 191 g/mol. The summed E-state index contributed by atoms with van der Waals surface area (Å²) in [4.78, 5) is 11.6. The molecule has 0 fully saturated rings. The Morgan fingerprint density at radius 3 is 2.43 bits per heavy atom. The van der Waals surface area contributed by atoms with Crippen LogP contribution in [0.5, 0.6) is 0 Å². The Balaban J connectivity index is 2.62. The first-order chi connectivity index (χ1) is 6.77. The maximum Gasteiger partial charge on any atom is 0.162 e. The molecule has 0 unspecified atom stereocenters. The van der Waals surface area contributed by atoms with E-state index in [0.717, 1.165) is 24.0 Å². The van der Waals surface area contributed by atoms with Crippen molar-refractivity contribution in [2.45, 2.75) is 32.7 Å². The highest BCUT2D eigenvalue weighted by Gasteiger charge is 2.03. The summed E-state index contributed by atoms with van der Waals surface area (Å²) in [7, 11) is 0. The van der Waals surface area contributed by atoms with Crippen molar-refractivity contribution >= 4 is 5.78 Å². The number of hydrogen-bond donors (Lipinski definition) is 1. The SMILES string of the molecule is CCCCC(=O)c1ccc(CN)cc1. The topological polar surface area (TPSA) is 43.1 Å². The minimum absolute atomic E-state index is 0.232. The van der Waals surface area contributed by atoms with Crippen molar-refractivity contribution in [3.63, 3.8) is 0 Å². The number of benzene rings is 1. The molecule has 0 aliphatic rings. The third-order valence-electron chi connectivity index (χ3n) is 2.27. The summed E-state index contributed by atoms with van der Waals surface area (Å²) in [6.45, 7) is 2.62. The maximum atomic E-state index is 11.6. The van der Waals surface area contributed by atoms with E-state index in [2.05, 4.69) is 6.92 Å². The fraction of sp³-hybridized carbons (Fsp3) is 0.417. The number of carbonyl (C=O) groups is 1. The Bertz CT molecular complexity index is 290. The second kappa shape index (κ2) is 5.55. The minimum atomic E-state index is 0.232. The van der Waals surface area contributed by atoms with Crippen molar-refractivity contribution < 1.29 is 4.79 Å². The highest BCUT2D eigenvalue weighted by Crippen LogP contribution is 2.08. The fourth-order valence-electron chi connectivity index (χ4n) is 1.31. The van der Waals surface area contributed by atoms with Crippen LogP contribution in [-0.4, -0.2) is 5.78 Å². The quantitative estimate of drug-likeness (QED) is 0.727. The predicted octanol–water partition coefficient (Wildman–Crippen LogP) is 2.52. The lowest BCUT2D eigenvalue weighted by atomic mass is 10.0. The molecule has 0 amide bonds. The summed E-state index contributed by atoms with van der Waals surface area (Å²) in [5.41, 5.74) is 7.34. The molecule has 0 bridgehead atoms. The van der Waals surface area contributed by atoms with Crippen molar-refractivity contribution in [1.82, 2.24) is 0 Å². The third-order valence-corrected chi connectivity index (χ3v) is 2.27. The van der Waals surface area contributed by atoms with Crippen molar-refractivity contribution in [2.75, 3.05) is 0 Å². The van der Waals surface area contributed by atoms with Gasteiger partial charge in [-0.05, 0) is 12.0 Å². The van der Waals surface area contributed by atoms with Gasteiger partial charge in [0.2, 0.25) is 0 Å². The molecular weight excluding hydrogens is 174 g/mol. The van der Waals surface area contributed by atoms with E-state index in [1.54, 1.807) is 0 Å². The zero-order valence-electron chi connectivity index (χ0n) is 8.62. The van der Waals surface area contributed by atoms with Crippen molar-refractivity contribution in [1.29, 1.82) is 0 Å². The average Bonchev–Trinajstić information content (AvgIpc) is 2.26. The van der Waals surface area contributed by atoms with Gasteiger partial charge in [-0.25, -0.2) is 0 Å². The molecular formula is C12H17NO. The monoisotopic (exact) mass is 191 g/mol. The molecule has 2 heteroatoms. The van der Waals surface area contributed by atoms with E-state index in [4.69, 9.17) is 5.73 Å². The smallest absolute Gasteiger partial charge is 0.162 e. The van der Waals surface area contributed by atoms with Gasteiger partial charge in [-0.2, -0.15) is 0 Å². The third kappa shape index (κ3) is 2.96. The van der Waals surface area contributed by atoms with Crippen LogP contribution >= 0.6 is 0 Å². The number of rotatable bonds is 5. The predicted molar refractivity (Wildman–Crippen MR) is 58.2 cm³/mol. The maximum absolute atomic E-state index is 11.6. The Labute approximate surface area is 85.1 Å². The summed E-state index contributed by atoms with van der Waals surface area (Å²) in [5, 5.41) is 0. The molecule has 0 spiro atoms. The molecule has 0 aliphatic heterocycles. The molecule has 0 saturated heterocycles. The second-order valence-electron chi connectivity index (χ2n) is 3.43.